The van der Waals surface area contributed by atoms with Crippen LogP contribution in [0, 0.1) is 6.92 Å². The largest absolute Gasteiger partial charge is 0.478 e. The molecule has 0 aliphatic carbocycles. The topological polar surface area (TPSA) is 74.7 Å². The van der Waals surface area contributed by atoms with E-state index in [0.717, 1.165) is 13.1 Å². The van der Waals surface area contributed by atoms with Gasteiger partial charge in [0.2, 0.25) is 10.0 Å². The van der Waals surface area contributed by atoms with Gasteiger partial charge in [0.05, 0.1) is 16.9 Å². The van der Waals surface area contributed by atoms with Gasteiger partial charge in [-0.05, 0) is 24.6 Å². The molecule has 1 N–H and O–H groups in total. The van der Waals surface area contributed by atoms with Crippen LogP contribution in [-0.4, -0.2) is 43.6 Å². The highest BCUT2D eigenvalue weighted by Crippen LogP contribution is 2.23. The summed E-state index contributed by atoms with van der Waals surface area (Å²) in [5.74, 6) is -1.30. The van der Waals surface area contributed by atoms with Crippen LogP contribution < -0.4 is 0 Å². The standard InChI is InChI=1S/C12H14F3NO4S/c1-8-3-4-9(7-10(8)11(17)18)21(19,20)16(2)6-5-12(13,14)15/h3-4,7H,5-6H2,1-2H3,(H,17,18). The summed E-state index contributed by atoms with van der Waals surface area (Å²) in [5.41, 5.74) is 0.152. The Morgan fingerprint density at radius 1 is 1.33 bits per heavy atom. The monoisotopic (exact) mass is 325 g/mol. The Hall–Kier alpha value is -1.61. The number of aromatic carboxylic acids is 1. The van der Waals surface area contributed by atoms with E-state index in [1.165, 1.54) is 19.1 Å². The van der Waals surface area contributed by atoms with E-state index in [1.54, 1.807) is 0 Å². The lowest BCUT2D eigenvalue weighted by Crippen LogP contribution is -2.30. The van der Waals surface area contributed by atoms with Gasteiger partial charge in [0.1, 0.15) is 0 Å². The van der Waals surface area contributed by atoms with E-state index in [4.69, 9.17) is 5.11 Å². The molecule has 9 heteroatoms. The third-order valence-corrected chi connectivity index (χ3v) is 4.71. The fourth-order valence-electron chi connectivity index (χ4n) is 1.58. The van der Waals surface area contributed by atoms with Crippen molar-refractivity contribution in [2.24, 2.45) is 0 Å². The predicted octanol–water partition coefficient (Wildman–Crippen LogP) is 2.27. The first-order valence-electron chi connectivity index (χ1n) is 5.82. The van der Waals surface area contributed by atoms with Crippen LogP contribution in [0.2, 0.25) is 0 Å². The number of halogens is 3. The first kappa shape index (κ1) is 17.4. The third-order valence-electron chi connectivity index (χ3n) is 2.86. The van der Waals surface area contributed by atoms with Crippen molar-refractivity contribution in [2.45, 2.75) is 24.4 Å². The summed E-state index contributed by atoms with van der Waals surface area (Å²) in [4.78, 5) is 10.6. The van der Waals surface area contributed by atoms with E-state index in [2.05, 4.69) is 0 Å². The summed E-state index contributed by atoms with van der Waals surface area (Å²) < 4.78 is 61.1. The number of aryl methyl sites for hydroxylation is 1. The summed E-state index contributed by atoms with van der Waals surface area (Å²) >= 11 is 0. The maximum absolute atomic E-state index is 12.1. The van der Waals surface area contributed by atoms with E-state index in [1.807, 2.05) is 0 Å². The molecule has 5 nitrogen and oxygen atoms in total. The molecule has 0 heterocycles. The van der Waals surface area contributed by atoms with Crippen LogP contribution in [0.1, 0.15) is 22.3 Å². The van der Waals surface area contributed by atoms with Gasteiger partial charge in [0, 0.05) is 13.6 Å². The first-order valence-corrected chi connectivity index (χ1v) is 7.26. The van der Waals surface area contributed by atoms with Crippen LogP contribution in [0.4, 0.5) is 13.2 Å². The molecule has 1 rings (SSSR count). The van der Waals surface area contributed by atoms with Crippen LogP contribution in [-0.2, 0) is 10.0 Å². The van der Waals surface area contributed by atoms with Crippen molar-refractivity contribution >= 4 is 16.0 Å². The van der Waals surface area contributed by atoms with E-state index < -0.39 is 35.1 Å². The molecule has 0 saturated carbocycles. The second-order valence-electron chi connectivity index (χ2n) is 4.47. The number of rotatable bonds is 5. The molecular weight excluding hydrogens is 311 g/mol. The van der Waals surface area contributed by atoms with Gasteiger partial charge in [-0.3, -0.25) is 0 Å². The highest BCUT2D eigenvalue weighted by molar-refractivity contribution is 7.89. The highest BCUT2D eigenvalue weighted by atomic mass is 32.2. The molecule has 118 valence electrons. The number of carbonyl (C=O) groups is 1. The summed E-state index contributed by atoms with van der Waals surface area (Å²) in [7, 11) is -3.15. The molecule has 0 atom stereocenters. The van der Waals surface area contributed by atoms with E-state index in [0.29, 0.717) is 9.87 Å². The highest BCUT2D eigenvalue weighted by Gasteiger charge is 2.30. The molecule has 0 aromatic heterocycles. The van der Waals surface area contributed by atoms with Gasteiger partial charge in [-0.2, -0.15) is 13.2 Å². The Balaban J connectivity index is 3.08. The van der Waals surface area contributed by atoms with Gasteiger partial charge in [-0.1, -0.05) is 6.07 Å². The summed E-state index contributed by atoms with van der Waals surface area (Å²) in [6.45, 7) is 0.759. The number of nitrogens with zero attached hydrogens (tertiary/aromatic N) is 1. The van der Waals surface area contributed by atoms with Gasteiger partial charge >= 0.3 is 12.1 Å². The zero-order valence-electron chi connectivity index (χ0n) is 11.3. The van der Waals surface area contributed by atoms with Crippen LogP contribution in [0.15, 0.2) is 23.1 Å². The summed E-state index contributed by atoms with van der Waals surface area (Å²) in [6, 6.07) is 3.41. The molecule has 0 radical (unpaired) electrons. The van der Waals surface area contributed by atoms with Crippen molar-refractivity contribution in [1.29, 1.82) is 0 Å². The molecule has 0 bridgehead atoms. The fraction of sp³-hybridized carbons (Fsp3) is 0.417. The van der Waals surface area contributed by atoms with Crippen LogP contribution in [0.5, 0.6) is 0 Å². The van der Waals surface area contributed by atoms with Crippen molar-refractivity contribution in [3.63, 3.8) is 0 Å². The molecule has 1 aromatic carbocycles. The lowest BCUT2D eigenvalue weighted by atomic mass is 10.1. The van der Waals surface area contributed by atoms with Crippen molar-refractivity contribution < 1.29 is 31.5 Å². The predicted molar refractivity (Wildman–Crippen MR) is 68.6 cm³/mol. The minimum absolute atomic E-state index is 0.208. The molecular formula is C12H14F3NO4S. The fourth-order valence-corrected chi connectivity index (χ4v) is 2.77. The Labute approximate surface area is 120 Å². The molecule has 0 aliphatic rings. The maximum atomic E-state index is 12.1. The van der Waals surface area contributed by atoms with Crippen molar-refractivity contribution in [1.82, 2.24) is 4.31 Å². The number of sulfonamides is 1. The lowest BCUT2D eigenvalue weighted by molar-refractivity contribution is -0.135. The van der Waals surface area contributed by atoms with Gasteiger partial charge < -0.3 is 5.11 Å². The number of hydrogen-bond acceptors (Lipinski definition) is 3. The Morgan fingerprint density at radius 2 is 1.90 bits per heavy atom. The quantitative estimate of drug-likeness (QED) is 0.901. The van der Waals surface area contributed by atoms with Gasteiger partial charge in [0.15, 0.2) is 0 Å². The van der Waals surface area contributed by atoms with E-state index in [-0.39, 0.29) is 10.5 Å². The number of carboxylic acid groups (broad SMARTS) is 1. The average molecular weight is 325 g/mol. The molecule has 21 heavy (non-hydrogen) atoms. The second-order valence-corrected chi connectivity index (χ2v) is 6.52. The van der Waals surface area contributed by atoms with E-state index >= 15 is 0 Å². The number of carboxylic acids is 1. The molecule has 0 fully saturated rings. The van der Waals surface area contributed by atoms with Crippen molar-refractivity contribution in [2.75, 3.05) is 13.6 Å². The number of hydrogen-bond donors (Lipinski definition) is 1. The minimum Gasteiger partial charge on any atom is -0.478 e. The lowest BCUT2D eigenvalue weighted by Gasteiger charge is -2.18. The van der Waals surface area contributed by atoms with E-state index in [9.17, 15) is 26.4 Å². The average Bonchev–Trinajstić information content (AvgIpc) is 2.34. The SMILES string of the molecule is Cc1ccc(S(=O)(=O)N(C)CCC(F)(F)F)cc1C(=O)O. The maximum Gasteiger partial charge on any atom is 0.390 e. The Kier molecular flexibility index (Phi) is 5.00. The molecule has 0 aliphatic heterocycles. The third kappa shape index (κ3) is 4.43. The zero-order chi connectivity index (χ0) is 16.4. The molecule has 0 spiro atoms. The normalized spacial score (nSPS) is 12.7. The van der Waals surface area contributed by atoms with Crippen LogP contribution >= 0.6 is 0 Å². The van der Waals surface area contributed by atoms with Crippen LogP contribution in [0.25, 0.3) is 0 Å². The minimum atomic E-state index is -4.47. The molecule has 1 aromatic rings. The van der Waals surface area contributed by atoms with Gasteiger partial charge in [-0.15, -0.1) is 0 Å². The smallest absolute Gasteiger partial charge is 0.390 e. The molecule has 0 amide bonds. The second kappa shape index (κ2) is 6.02. The Bertz CT molecular complexity index is 640. The van der Waals surface area contributed by atoms with Crippen molar-refractivity contribution in [3.8, 4) is 0 Å². The molecule has 0 unspecified atom stereocenters. The Morgan fingerprint density at radius 3 is 2.38 bits per heavy atom. The van der Waals surface area contributed by atoms with Crippen molar-refractivity contribution in [3.05, 3.63) is 29.3 Å². The summed E-state index contributed by atoms with van der Waals surface area (Å²) in [6.07, 6.45) is -5.75. The first-order chi connectivity index (χ1) is 9.45. The van der Waals surface area contributed by atoms with Gasteiger partial charge in [0.25, 0.3) is 0 Å². The summed E-state index contributed by atoms with van der Waals surface area (Å²) in [5, 5.41) is 8.95. The number of benzene rings is 1. The van der Waals surface area contributed by atoms with Crippen LogP contribution in [0.3, 0.4) is 0 Å². The molecule has 0 saturated heterocycles. The number of alkyl halides is 3. The zero-order valence-corrected chi connectivity index (χ0v) is 12.1. The van der Waals surface area contributed by atoms with Gasteiger partial charge in [-0.25, -0.2) is 17.5 Å².